The third kappa shape index (κ3) is 5.14. The van der Waals surface area contributed by atoms with Gasteiger partial charge in [-0.15, -0.1) is 0 Å². The van der Waals surface area contributed by atoms with Crippen LogP contribution in [0.15, 0.2) is 0 Å². The topological polar surface area (TPSA) is 17.1 Å². The maximum atomic E-state index is 10.3. The van der Waals surface area contributed by atoms with Gasteiger partial charge in [0.15, 0.2) is 0 Å². The van der Waals surface area contributed by atoms with Gasteiger partial charge >= 0.3 is 0 Å². The number of aldehydes is 1. The van der Waals surface area contributed by atoms with Crippen LogP contribution in [0.2, 0.25) is 0 Å². The van der Waals surface area contributed by atoms with Gasteiger partial charge in [0.2, 0.25) is 0 Å². The average Bonchev–Trinajstić information content (AvgIpc) is 2.16. The van der Waals surface area contributed by atoms with E-state index in [1.165, 1.54) is 32.1 Å². The fourth-order valence-electron chi connectivity index (χ4n) is 3.48. The predicted molar refractivity (Wildman–Crippen MR) is 69.4 cm³/mol. The predicted octanol–water partition coefficient (Wildman–Crippen LogP) is 4.45. The first-order valence-corrected chi connectivity index (χ1v) is 7.05. The highest BCUT2D eigenvalue weighted by molar-refractivity contribution is 5.48. The minimum atomic E-state index is 0.764. The third-order valence-corrected chi connectivity index (χ3v) is 3.88. The SMILES string of the molecule is CC(C)CC1CC(C)CC(CCCC=O)C1. The van der Waals surface area contributed by atoms with E-state index in [1.807, 2.05) is 0 Å². The second-order valence-corrected chi connectivity index (χ2v) is 6.27. The van der Waals surface area contributed by atoms with Crippen molar-refractivity contribution in [2.24, 2.45) is 23.7 Å². The minimum absolute atomic E-state index is 0.764. The molecule has 1 heteroatoms. The highest BCUT2D eigenvalue weighted by atomic mass is 16.1. The zero-order chi connectivity index (χ0) is 12.0. The summed E-state index contributed by atoms with van der Waals surface area (Å²) in [4.78, 5) is 10.3. The second-order valence-electron chi connectivity index (χ2n) is 6.27. The first-order valence-electron chi connectivity index (χ1n) is 7.05. The van der Waals surface area contributed by atoms with Crippen LogP contribution in [0.4, 0.5) is 0 Å². The van der Waals surface area contributed by atoms with Gasteiger partial charge in [0.05, 0.1) is 0 Å². The molecule has 0 saturated heterocycles. The maximum Gasteiger partial charge on any atom is 0.119 e. The van der Waals surface area contributed by atoms with Crippen molar-refractivity contribution in [2.45, 2.75) is 65.7 Å². The van der Waals surface area contributed by atoms with E-state index < -0.39 is 0 Å². The van der Waals surface area contributed by atoms with E-state index in [0.717, 1.165) is 42.8 Å². The van der Waals surface area contributed by atoms with Crippen LogP contribution in [0.25, 0.3) is 0 Å². The summed E-state index contributed by atoms with van der Waals surface area (Å²) in [6.07, 6.45) is 9.86. The van der Waals surface area contributed by atoms with Gasteiger partial charge in [0.1, 0.15) is 6.29 Å². The molecule has 0 heterocycles. The summed E-state index contributed by atoms with van der Waals surface area (Å²) >= 11 is 0. The summed E-state index contributed by atoms with van der Waals surface area (Å²) < 4.78 is 0. The van der Waals surface area contributed by atoms with Crippen molar-refractivity contribution in [3.8, 4) is 0 Å². The fourth-order valence-corrected chi connectivity index (χ4v) is 3.48. The lowest BCUT2D eigenvalue weighted by molar-refractivity contribution is -0.108. The summed E-state index contributed by atoms with van der Waals surface area (Å²) in [5.41, 5.74) is 0. The summed E-state index contributed by atoms with van der Waals surface area (Å²) in [5, 5.41) is 0. The lowest BCUT2D eigenvalue weighted by Gasteiger charge is -2.34. The molecular formula is C15H28O. The maximum absolute atomic E-state index is 10.3. The molecule has 0 aromatic heterocycles. The molecule has 0 aromatic carbocycles. The highest BCUT2D eigenvalue weighted by Gasteiger charge is 2.26. The Balaban J connectivity index is 2.32. The Labute approximate surface area is 101 Å². The van der Waals surface area contributed by atoms with Crippen LogP contribution in [0, 0.1) is 23.7 Å². The number of hydrogen-bond acceptors (Lipinski definition) is 1. The van der Waals surface area contributed by atoms with Crippen LogP contribution in [0.5, 0.6) is 0 Å². The number of rotatable bonds is 6. The zero-order valence-electron chi connectivity index (χ0n) is 11.2. The molecule has 0 aromatic rings. The van der Waals surface area contributed by atoms with E-state index in [2.05, 4.69) is 20.8 Å². The van der Waals surface area contributed by atoms with Crippen molar-refractivity contribution in [3.05, 3.63) is 0 Å². The monoisotopic (exact) mass is 224 g/mol. The summed E-state index contributed by atoms with van der Waals surface area (Å²) in [5.74, 6) is 3.59. The molecule has 1 fully saturated rings. The fraction of sp³-hybridized carbons (Fsp3) is 0.933. The Morgan fingerprint density at radius 3 is 2.50 bits per heavy atom. The molecule has 3 atom stereocenters. The molecule has 1 aliphatic carbocycles. The van der Waals surface area contributed by atoms with Gasteiger partial charge in [0.25, 0.3) is 0 Å². The molecule has 0 radical (unpaired) electrons. The average molecular weight is 224 g/mol. The quantitative estimate of drug-likeness (QED) is 0.481. The largest absolute Gasteiger partial charge is 0.303 e. The highest BCUT2D eigenvalue weighted by Crippen LogP contribution is 2.38. The number of carbonyl (C=O) groups is 1. The molecule has 0 bridgehead atoms. The first-order chi connectivity index (χ1) is 7.61. The summed E-state index contributed by atoms with van der Waals surface area (Å²) in [7, 11) is 0. The van der Waals surface area contributed by atoms with E-state index >= 15 is 0 Å². The first kappa shape index (κ1) is 13.7. The van der Waals surface area contributed by atoms with Gasteiger partial charge in [-0.1, -0.05) is 27.2 Å². The van der Waals surface area contributed by atoms with Crippen molar-refractivity contribution in [1.29, 1.82) is 0 Å². The molecule has 1 nitrogen and oxygen atoms in total. The Hall–Kier alpha value is -0.330. The third-order valence-electron chi connectivity index (χ3n) is 3.88. The zero-order valence-corrected chi connectivity index (χ0v) is 11.2. The Bertz CT molecular complexity index is 196. The van der Waals surface area contributed by atoms with Gasteiger partial charge < -0.3 is 4.79 Å². The minimum Gasteiger partial charge on any atom is -0.303 e. The summed E-state index contributed by atoms with van der Waals surface area (Å²) in [6.45, 7) is 7.07. The van der Waals surface area contributed by atoms with E-state index in [0.29, 0.717) is 0 Å². The Morgan fingerprint density at radius 1 is 1.19 bits per heavy atom. The molecule has 1 saturated carbocycles. The molecule has 94 valence electrons. The molecular weight excluding hydrogens is 196 g/mol. The lowest BCUT2D eigenvalue weighted by Crippen LogP contribution is -2.22. The molecule has 0 spiro atoms. The van der Waals surface area contributed by atoms with Crippen molar-refractivity contribution in [2.75, 3.05) is 0 Å². The van der Waals surface area contributed by atoms with Gasteiger partial charge in [0, 0.05) is 6.42 Å². The number of unbranched alkanes of at least 4 members (excludes halogenated alkanes) is 1. The molecule has 1 aliphatic rings. The van der Waals surface area contributed by atoms with Crippen LogP contribution in [-0.2, 0) is 4.79 Å². The molecule has 3 unspecified atom stereocenters. The van der Waals surface area contributed by atoms with Crippen molar-refractivity contribution < 1.29 is 4.79 Å². The Morgan fingerprint density at radius 2 is 1.88 bits per heavy atom. The van der Waals surface area contributed by atoms with Crippen LogP contribution >= 0.6 is 0 Å². The van der Waals surface area contributed by atoms with Gasteiger partial charge in [-0.2, -0.15) is 0 Å². The van der Waals surface area contributed by atoms with Crippen LogP contribution in [-0.4, -0.2) is 6.29 Å². The molecule has 16 heavy (non-hydrogen) atoms. The molecule has 0 aliphatic heterocycles. The normalized spacial score (nSPS) is 30.6. The van der Waals surface area contributed by atoms with Gasteiger partial charge in [-0.25, -0.2) is 0 Å². The van der Waals surface area contributed by atoms with Crippen molar-refractivity contribution >= 4 is 6.29 Å². The van der Waals surface area contributed by atoms with Crippen LogP contribution in [0.1, 0.15) is 65.7 Å². The van der Waals surface area contributed by atoms with E-state index in [9.17, 15) is 4.79 Å². The van der Waals surface area contributed by atoms with Gasteiger partial charge in [-0.3, -0.25) is 0 Å². The molecule has 0 amide bonds. The summed E-state index contributed by atoms with van der Waals surface area (Å²) in [6, 6.07) is 0. The van der Waals surface area contributed by atoms with Crippen molar-refractivity contribution in [3.63, 3.8) is 0 Å². The van der Waals surface area contributed by atoms with E-state index in [4.69, 9.17) is 0 Å². The van der Waals surface area contributed by atoms with Crippen LogP contribution < -0.4 is 0 Å². The van der Waals surface area contributed by atoms with Gasteiger partial charge in [-0.05, 0) is 55.8 Å². The standard InChI is InChI=1S/C15H28O/c1-12(2)8-15-10-13(3)9-14(11-15)6-4-5-7-16/h7,12-15H,4-6,8-11H2,1-3H3. The van der Waals surface area contributed by atoms with Crippen LogP contribution in [0.3, 0.4) is 0 Å². The second kappa shape index (κ2) is 7.09. The number of hydrogen-bond donors (Lipinski definition) is 0. The van der Waals surface area contributed by atoms with E-state index in [1.54, 1.807) is 0 Å². The lowest BCUT2D eigenvalue weighted by atomic mass is 9.72. The van der Waals surface area contributed by atoms with Crippen molar-refractivity contribution in [1.82, 2.24) is 0 Å². The Kier molecular flexibility index (Phi) is 6.08. The van der Waals surface area contributed by atoms with E-state index in [-0.39, 0.29) is 0 Å². The molecule has 0 N–H and O–H groups in total. The molecule has 1 rings (SSSR count). The number of carbonyl (C=O) groups excluding carboxylic acids is 1. The smallest absolute Gasteiger partial charge is 0.119 e.